The maximum Gasteiger partial charge on any atom is 0.238 e. The summed E-state index contributed by atoms with van der Waals surface area (Å²) in [5.74, 6) is 0. The molecule has 176 valence electrons. The SMILES string of the molecule is Cc1cccc(Cc2cc(CCc3ccc(C(C)O)cc3)n(-c3ccc(S(N)(=O)=O)cc3)n2)c1. The van der Waals surface area contributed by atoms with E-state index in [1.807, 2.05) is 35.0 Å². The highest BCUT2D eigenvalue weighted by molar-refractivity contribution is 7.89. The minimum absolute atomic E-state index is 0.0724. The first-order valence-corrected chi connectivity index (χ1v) is 12.8. The Morgan fingerprint density at radius 2 is 1.65 bits per heavy atom. The maximum atomic E-state index is 11.6. The van der Waals surface area contributed by atoms with E-state index in [0.717, 1.165) is 35.5 Å². The van der Waals surface area contributed by atoms with Crippen LogP contribution >= 0.6 is 0 Å². The van der Waals surface area contributed by atoms with Crippen molar-refractivity contribution in [1.29, 1.82) is 0 Å². The number of nitrogens with two attached hydrogens (primary N) is 1. The van der Waals surface area contributed by atoms with Gasteiger partial charge in [0.05, 0.1) is 22.4 Å². The minimum Gasteiger partial charge on any atom is -0.389 e. The smallest absolute Gasteiger partial charge is 0.238 e. The third-order valence-electron chi connectivity index (χ3n) is 5.84. The zero-order valence-corrected chi connectivity index (χ0v) is 20.2. The van der Waals surface area contributed by atoms with Crippen molar-refractivity contribution in [1.82, 2.24) is 9.78 Å². The molecule has 34 heavy (non-hydrogen) atoms. The van der Waals surface area contributed by atoms with Crippen LogP contribution in [0.3, 0.4) is 0 Å². The van der Waals surface area contributed by atoms with Crippen LogP contribution in [0, 0.1) is 6.92 Å². The molecule has 0 spiro atoms. The molecule has 0 aliphatic carbocycles. The van der Waals surface area contributed by atoms with Gasteiger partial charge in [0.1, 0.15) is 0 Å². The summed E-state index contributed by atoms with van der Waals surface area (Å²) in [4.78, 5) is 0.0724. The molecular formula is C27H29N3O3S. The summed E-state index contributed by atoms with van der Waals surface area (Å²) in [6, 6.07) is 24.9. The Labute approximate surface area is 200 Å². The van der Waals surface area contributed by atoms with Gasteiger partial charge in [-0.25, -0.2) is 18.2 Å². The molecule has 0 saturated heterocycles. The van der Waals surface area contributed by atoms with Crippen LogP contribution in [0.25, 0.3) is 5.69 Å². The van der Waals surface area contributed by atoms with Crippen LogP contribution in [-0.2, 0) is 29.3 Å². The largest absolute Gasteiger partial charge is 0.389 e. The van der Waals surface area contributed by atoms with Crippen LogP contribution in [-0.4, -0.2) is 23.3 Å². The quantitative estimate of drug-likeness (QED) is 0.398. The molecule has 0 amide bonds. The van der Waals surface area contributed by atoms with Crippen molar-refractivity contribution in [3.05, 3.63) is 113 Å². The van der Waals surface area contributed by atoms with Crippen LogP contribution in [0.1, 0.15) is 46.7 Å². The fourth-order valence-electron chi connectivity index (χ4n) is 4.01. The first-order chi connectivity index (χ1) is 16.2. The van der Waals surface area contributed by atoms with E-state index in [1.54, 1.807) is 19.1 Å². The number of hydrogen-bond donors (Lipinski definition) is 2. The lowest BCUT2D eigenvalue weighted by atomic mass is 10.0. The lowest BCUT2D eigenvalue weighted by molar-refractivity contribution is 0.199. The van der Waals surface area contributed by atoms with E-state index < -0.39 is 16.1 Å². The van der Waals surface area contributed by atoms with Crippen molar-refractivity contribution in [2.75, 3.05) is 0 Å². The van der Waals surface area contributed by atoms with Gasteiger partial charge in [-0.1, -0.05) is 54.1 Å². The fraction of sp³-hybridized carbons (Fsp3) is 0.222. The zero-order valence-electron chi connectivity index (χ0n) is 19.3. The van der Waals surface area contributed by atoms with Crippen molar-refractivity contribution >= 4 is 10.0 Å². The van der Waals surface area contributed by atoms with Gasteiger partial charge in [0, 0.05) is 12.1 Å². The van der Waals surface area contributed by atoms with Gasteiger partial charge in [-0.15, -0.1) is 0 Å². The molecule has 1 atom stereocenters. The molecule has 0 radical (unpaired) electrons. The highest BCUT2D eigenvalue weighted by atomic mass is 32.2. The maximum absolute atomic E-state index is 11.6. The second-order valence-corrected chi connectivity index (χ2v) is 10.2. The van der Waals surface area contributed by atoms with Crippen molar-refractivity contribution in [3.8, 4) is 5.69 Å². The van der Waals surface area contributed by atoms with Crippen molar-refractivity contribution in [2.45, 2.75) is 44.1 Å². The highest BCUT2D eigenvalue weighted by Gasteiger charge is 2.13. The summed E-state index contributed by atoms with van der Waals surface area (Å²) in [5.41, 5.74) is 7.21. The standard InChI is InChI=1S/C27H29N3O3S/c1-19-4-3-5-22(16-19)17-24-18-26(11-8-21-6-9-23(10-7-21)20(2)31)30(29-24)25-12-14-27(15-13-25)34(28,32)33/h3-7,9-10,12-16,18,20,31H,8,11,17H2,1-2H3,(H2,28,32,33). The Balaban J connectivity index is 1.63. The average molecular weight is 476 g/mol. The molecule has 6 nitrogen and oxygen atoms in total. The third kappa shape index (κ3) is 5.80. The normalized spacial score (nSPS) is 12.6. The first kappa shape index (κ1) is 23.9. The van der Waals surface area contributed by atoms with Crippen LogP contribution in [0.2, 0.25) is 0 Å². The van der Waals surface area contributed by atoms with Crippen molar-refractivity contribution < 1.29 is 13.5 Å². The number of aliphatic hydroxyl groups is 1. The summed E-state index contributed by atoms with van der Waals surface area (Å²) in [6.07, 6.45) is 1.79. The number of primary sulfonamides is 1. The van der Waals surface area contributed by atoms with Gasteiger partial charge >= 0.3 is 0 Å². The summed E-state index contributed by atoms with van der Waals surface area (Å²) < 4.78 is 25.2. The summed E-state index contributed by atoms with van der Waals surface area (Å²) in [6.45, 7) is 3.83. The number of benzene rings is 3. The van der Waals surface area contributed by atoms with E-state index in [1.165, 1.54) is 28.8 Å². The molecule has 3 N–H and O–H groups in total. The average Bonchev–Trinajstić information content (AvgIpc) is 3.20. The van der Waals surface area contributed by atoms with Crippen molar-refractivity contribution in [3.63, 3.8) is 0 Å². The van der Waals surface area contributed by atoms with Crippen molar-refractivity contribution in [2.24, 2.45) is 5.14 Å². The number of aryl methyl sites for hydroxylation is 3. The lowest BCUT2D eigenvalue weighted by Gasteiger charge is -2.09. The van der Waals surface area contributed by atoms with Gasteiger partial charge < -0.3 is 5.11 Å². The number of nitrogens with zero attached hydrogens (tertiary/aromatic N) is 2. The van der Waals surface area contributed by atoms with Gasteiger partial charge in [-0.05, 0) is 73.7 Å². The van der Waals surface area contributed by atoms with E-state index in [4.69, 9.17) is 10.2 Å². The molecule has 7 heteroatoms. The minimum atomic E-state index is -3.75. The van der Waals surface area contributed by atoms with E-state index in [2.05, 4.69) is 31.2 Å². The Hall–Kier alpha value is -3.26. The molecule has 4 aromatic rings. The summed E-state index contributed by atoms with van der Waals surface area (Å²) in [7, 11) is -3.75. The van der Waals surface area contributed by atoms with Crippen LogP contribution < -0.4 is 5.14 Å². The predicted octanol–water partition coefficient (Wildman–Crippen LogP) is 4.26. The predicted molar refractivity (Wildman–Crippen MR) is 133 cm³/mol. The molecule has 3 aromatic carbocycles. The number of sulfonamides is 1. The molecule has 0 fully saturated rings. The van der Waals surface area contributed by atoms with Crippen LogP contribution in [0.4, 0.5) is 0 Å². The second kappa shape index (κ2) is 9.93. The highest BCUT2D eigenvalue weighted by Crippen LogP contribution is 2.20. The third-order valence-corrected chi connectivity index (χ3v) is 6.77. The van der Waals surface area contributed by atoms with Gasteiger partial charge in [-0.2, -0.15) is 5.10 Å². The zero-order chi connectivity index (χ0) is 24.3. The first-order valence-electron chi connectivity index (χ1n) is 11.2. The molecule has 1 aromatic heterocycles. The Morgan fingerprint density at radius 3 is 2.26 bits per heavy atom. The molecule has 1 unspecified atom stereocenters. The Bertz CT molecular complexity index is 1370. The number of aromatic nitrogens is 2. The molecule has 0 aliphatic rings. The summed E-state index contributed by atoms with van der Waals surface area (Å²) >= 11 is 0. The fourth-order valence-corrected chi connectivity index (χ4v) is 4.52. The molecule has 0 saturated carbocycles. The number of rotatable bonds is 8. The molecular weight excluding hydrogens is 446 g/mol. The van der Waals surface area contributed by atoms with Gasteiger partial charge in [0.2, 0.25) is 10.0 Å². The Kier molecular flexibility index (Phi) is 6.97. The van der Waals surface area contributed by atoms with E-state index in [-0.39, 0.29) is 4.90 Å². The van der Waals surface area contributed by atoms with E-state index in [0.29, 0.717) is 6.42 Å². The molecule has 0 bridgehead atoms. The van der Waals surface area contributed by atoms with Gasteiger partial charge in [0.15, 0.2) is 0 Å². The lowest BCUT2D eigenvalue weighted by Crippen LogP contribution is -2.12. The van der Waals surface area contributed by atoms with Crippen LogP contribution in [0.5, 0.6) is 0 Å². The number of aliphatic hydroxyl groups excluding tert-OH is 1. The molecule has 4 rings (SSSR count). The van der Waals surface area contributed by atoms with E-state index in [9.17, 15) is 13.5 Å². The van der Waals surface area contributed by atoms with Gasteiger partial charge in [-0.3, -0.25) is 0 Å². The molecule has 0 aliphatic heterocycles. The second-order valence-electron chi connectivity index (χ2n) is 8.66. The van der Waals surface area contributed by atoms with Crippen LogP contribution in [0.15, 0.2) is 83.8 Å². The topological polar surface area (TPSA) is 98.2 Å². The summed E-state index contributed by atoms with van der Waals surface area (Å²) in [5, 5.41) is 19.8. The Morgan fingerprint density at radius 1 is 0.941 bits per heavy atom. The number of hydrogen-bond acceptors (Lipinski definition) is 4. The molecule has 1 heterocycles. The van der Waals surface area contributed by atoms with E-state index >= 15 is 0 Å². The monoisotopic (exact) mass is 475 g/mol. The van der Waals surface area contributed by atoms with Gasteiger partial charge in [0.25, 0.3) is 0 Å².